The number of aliphatic carboxylic acids is 3. The molecule has 0 spiro atoms. The number of carbonyl (C=O) groups is 8. The van der Waals surface area contributed by atoms with Crippen molar-refractivity contribution in [2.45, 2.75) is 68.0 Å². The first-order valence-electron chi connectivity index (χ1n) is 33.7. The number of carboxylic acid groups (broad SMARTS) is 3. The molecule has 0 radical (unpaired) electrons. The van der Waals surface area contributed by atoms with Crippen molar-refractivity contribution in [1.82, 2.24) is 49.9 Å². The summed E-state index contributed by atoms with van der Waals surface area (Å²) in [4.78, 5) is 123. The maximum atomic E-state index is 14.7. The van der Waals surface area contributed by atoms with Crippen LogP contribution < -0.4 is 26.4 Å². The molecule has 3 aliphatic rings. The van der Waals surface area contributed by atoms with Gasteiger partial charge in [0.25, 0.3) is 26.1 Å². The number of amides is 5. The average Bonchev–Trinajstić information content (AvgIpc) is 1.11. The van der Waals surface area contributed by atoms with Crippen LogP contribution in [-0.4, -0.2) is 276 Å². The number of hydrogen-bond donors (Lipinski definition) is 10. The molecule has 0 bridgehead atoms. The highest BCUT2D eigenvalue weighted by Gasteiger charge is 2.34. The number of piperazine rings is 1. The molecule has 0 aliphatic carbocycles. The fourth-order valence-electron chi connectivity index (χ4n) is 12.8. The van der Waals surface area contributed by atoms with Gasteiger partial charge in [-0.25, -0.2) is 6.57 Å². The van der Waals surface area contributed by atoms with Gasteiger partial charge in [0, 0.05) is 127 Å². The first kappa shape index (κ1) is 78.8. The maximum absolute atomic E-state index is 14.7. The summed E-state index contributed by atoms with van der Waals surface area (Å²) < 4.78 is 74.4. The number of likely N-dealkylation sites (tertiary alicyclic amines) is 1. The summed E-state index contributed by atoms with van der Waals surface area (Å²) in [6, 6.07) is 18.8. The normalized spacial score (nSPS) is 16.8. The van der Waals surface area contributed by atoms with Crippen LogP contribution in [-0.2, 0) is 53.8 Å². The second-order valence-electron chi connectivity index (χ2n) is 25.7. The molecule has 1 aromatic heterocycles. The van der Waals surface area contributed by atoms with Crippen LogP contribution in [0.15, 0.2) is 105 Å². The van der Waals surface area contributed by atoms with Crippen molar-refractivity contribution in [3.8, 4) is 22.6 Å². The highest BCUT2D eigenvalue weighted by Crippen LogP contribution is 2.44. The lowest BCUT2D eigenvalue weighted by Crippen LogP contribution is -2.56. The van der Waals surface area contributed by atoms with Gasteiger partial charge < -0.3 is 51.7 Å². The Labute approximate surface area is 604 Å². The van der Waals surface area contributed by atoms with E-state index >= 15 is 0 Å². The number of nitrogens with two attached hydrogens (primary N) is 1. The number of aryl methyl sites for hydroxylation is 2. The van der Waals surface area contributed by atoms with E-state index in [-0.39, 0.29) is 128 Å². The molecule has 1 unspecified atom stereocenters. The number of fused-ring (bicyclic) bond motifs is 2. The minimum atomic E-state index is -5.14. The van der Waals surface area contributed by atoms with Crippen molar-refractivity contribution in [3.05, 3.63) is 113 Å². The van der Waals surface area contributed by atoms with Crippen LogP contribution in [0.3, 0.4) is 0 Å². The second-order valence-corrected chi connectivity index (χ2v) is 28.5. The smallest absolute Gasteiger partial charge is 0.317 e. The molecule has 3 fully saturated rings. The number of carboxylic acids is 3. The van der Waals surface area contributed by atoms with E-state index < -0.39 is 101 Å². The number of anilines is 2. The summed E-state index contributed by atoms with van der Waals surface area (Å²) in [7, 11) is -10.2. The highest BCUT2D eigenvalue weighted by molar-refractivity contribution is 7.87. The van der Waals surface area contributed by atoms with Gasteiger partial charge in [0.15, 0.2) is 5.75 Å². The molecule has 9 rings (SSSR count). The summed E-state index contributed by atoms with van der Waals surface area (Å²) >= 11 is 0. The molecule has 2 atom stereocenters. The van der Waals surface area contributed by atoms with Gasteiger partial charge in [0.1, 0.15) is 27.3 Å². The molecular weight excluding hydrogens is 1410 g/mol. The molecule has 105 heavy (non-hydrogen) atoms. The number of aromatic hydroxyl groups is 1. The lowest BCUT2D eigenvalue weighted by molar-refractivity contribution is -0.140. The first-order valence-corrected chi connectivity index (χ1v) is 36.6. The molecular formula is C69H83N15O19S2. The van der Waals surface area contributed by atoms with Gasteiger partial charge in [-0.2, -0.15) is 21.9 Å². The third-order valence-electron chi connectivity index (χ3n) is 18.4. The summed E-state index contributed by atoms with van der Waals surface area (Å²) in [5.74, 6) is -5.94. The van der Waals surface area contributed by atoms with Gasteiger partial charge in [-0.1, -0.05) is 18.2 Å². The number of ether oxygens (including phenoxy) is 1. The monoisotopic (exact) mass is 1490 g/mol. The Balaban J connectivity index is 0.848. The van der Waals surface area contributed by atoms with E-state index in [9.17, 15) is 84.7 Å². The summed E-state index contributed by atoms with van der Waals surface area (Å²) in [6.07, 6.45) is 2.52. The van der Waals surface area contributed by atoms with E-state index in [1.165, 1.54) is 17.2 Å². The number of pyridine rings is 1. The SMILES string of the molecule is [C-]#[N+][C@@H]1CCCN1C(=O)CNC(=O)c1ccnc2ccc(OCCCN3CCN(C(=O)C(CCC(=O)Nc4ccc(-c5ccc(N=Nc6ccc7c(S(=O)(=O)O)cc(S(=O)(=O)O)c(N)c7c6O)c(C)c5)cc4C)NC(=O)CN4CCN(CC(=O)O)CCN(CC(=O)O)CCN(CC(=O)O)CC4)CC3)cc12. The number of benzene rings is 5. The number of aromatic nitrogens is 1. The lowest BCUT2D eigenvalue weighted by Gasteiger charge is -2.37. The number of rotatable bonds is 27. The Kier molecular flexibility index (Phi) is 26.6. The van der Waals surface area contributed by atoms with Crippen molar-refractivity contribution in [1.29, 1.82) is 0 Å². The number of carbonyl (C=O) groups excluding carboxylic acids is 5. The topological polar surface area (TPSA) is 462 Å². The zero-order valence-corrected chi connectivity index (χ0v) is 59.4. The van der Waals surface area contributed by atoms with Crippen LogP contribution in [0.4, 0.5) is 22.7 Å². The van der Waals surface area contributed by atoms with Crippen molar-refractivity contribution in [3.63, 3.8) is 0 Å². The second kappa shape index (κ2) is 35.4. The third kappa shape index (κ3) is 21.4. The minimum absolute atomic E-state index is 0.127. The first-order chi connectivity index (χ1) is 49.9. The Morgan fingerprint density at radius 1 is 0.667 bits per heavy atom. The summed E-state index contributed by atoms with van der Waals surface area (Å²) in [5.41, 5.74) is 9.35. The number of phenols is 1. The van der Waals surface area contributed by atoms with Gasteiger partial charge in [-0.15, -0.1) is 5.11 Å². The molecule has 0 saturated carbocycles. The largest absolute Gasteiger partial charge is 0.505 e. The fourth-order valence-corrected chi connectivity index (χ4v) is 14.2. The van der Waals surface area contributed by atoms with Crippen molar-refractivity contribution in [2.75, 3.05) is 142 Å². The Bertz CT molecular complexity index is 4580. The average molecular weight is 1490 g/mol. The van der Waals surface area contributed by atoms with E-state index in [0.29, 0.717) is 96.4 Å². The van der Waals surface area contributed by atoms with Gasteiger partial charge in [0.2, 0.25) is 23.6 Å². The molecule has 36 heteroatoms. The molecule has 4 heterocycles. The van der Waals surface area contributed by atoms with Crippen LogP contribution >= 0.6 is 0 Å². The molecule has 34 nitrogen and oxygen atoms in total. The van der Waals surface area contributed by atoms with E-state index in [0.717, 1.165) is 23.6 Å². The molecule has 3 aliphatic heterocycles. The van der Waals surface area contributed by atoms with E-state index in [1.807, 2.05) is 6.07 Å². The van der Waals surface area contributed by atoms with Crippen LogP contribution in [0.2, 0.25) is 0 Å². The Morgan fingerprint density at radius 2 is 1.24 bits per heavy atom. The van der Waals surface area contributed by atoms with Crippen LogP contribution in [0.5, 0.6) is 11.5 Å². The van der Waals surface area contributed by atoms with Crippen LogP contribution in [0.25, 0.3) is 37.6 Å². The van der Waals surface area contributed by atoms with Gasteiger partial charge in [-0.05, 0) is 116 Å². The fraction of sp³-hybridized carbons (Fsp3) is 0.420. The minimum Gasteiger partial charge on any atom is -0.505 e. The van der Waals surface area contributed by atoms with Crippen LogP contribution in [0.1, 0.15) is 53.6 Å². The highest BCUT2D eigenvalue weighted by atomic mass is 32.2. The predicted octanol–water partition coefficient (Wildman–Crippen LogP) is 3.76. The number of azo groups is 1. The Hall–Kier alpha value is -10.4. The third-order valence-corrected chi connectivity index (χ3v) is 20.1. The van der Waals surface area contributed by atoms with Gasteiger partial charge >= 0.3 is 24.1 Å². The zero-order valence-electron chi connectivity index (χ0n) is 57.7. The number of nitrogen functional groups attached to an aromatic ring is 1. The van der Waals surface area contributed by atoms with Gasteiger partial charge in [-0.3, -0.25) is 86.7 Å². The standard InChI is InChI=1S/C69H83N15O19S2/c1-43-34-45(46-8-12-52(44(2)35-46)76-77-54-14-10-49-56(104(97,98)99)37-57(105(100,101)102)66(70)65(49)67(54)94)7-11-51(43)74-59(85)16-15-55(75-60(86)39-79-21-23-80(40-62(88)89)25-27-82(42-64(92)93)28-26-81(24-22-79)41-63(90)91)69(96)83-31-29-78(30-32-83)19-5-33-103-47-9-13-53-50(36-47)48(17-18-72-53)68(95)73-38-61(87)84-20-4-6-58(84)71-3/h7-14,17-18,34-37,55,58,94H,4-6,15-16,19-33,38-42,70H2,1-2H3,(H,73,95)(H,74,85)(H,75,86)(H,88,89)(H,90,91)(H,92,93)(H,97,98,99)(H,100,101,102)/t55?,58-/m0/s1. The van der Waals surface area contributed by atoms with Crippen molar-refractivity contribution < 1.29 is 89.5 Å². The molecule has 6 aromatic rings. The summed E-state index contributed by atoms with van der Waals surface area (Å²) in [6.45, 7) is 13.3. The Morgan fingerprint density at radius 3 is 1.82 bits per heavy atom. The zero-order chi connectivity index (χ0) is 75.9. The number of nitrogens with one attached hydrogen (secondary N) is 3. The molecule has 3 saturated heterocycles. The molecule has 11 N–H and O–H groups in total. The number of hydrogen-bond acceptors (Lipinski definition) is 23. The predicted molar refractivity (Wildman–Crippen MR) is 382 cm³/mol. The van der Waals surface area contributed by atoms with E-state index in [4.69, 9.17) is 17.0 Å². The molecule has 5 aromatic carbocycles. The molecule has 5 amide bonds. The lowest BCUT2D eigenvalue weighted by atomic mass is 10.00. The van der Waals surface area contributed by atoms with Crippen molar-refractivity contribution in [2.24, 2.45) is 10.2 Å². The van der Waals surface area contributed by atoms with E-state index in [2.05, 4.69) is 40.9 Å². The van der Waals surface area contributed by atoms with Gasteiger partial charge in [0.05, 0.1) is 67.2 Å². The van der Waals surface area contributed by atoms with Crippen LogP contribution in [0, 0.1) is 20.4 Å². The number of phenolic OH excluding ortho intramolecular Hbond substituents is 1. The summed E-state index contributed by atoms with van der Waals surface area (Å²) in [5, 5.41) is 56.8. The van der Waals surface area contributed by atoms with Crippen molar-refractivity contribution >= 4 is 112 Å². The number of nitrogens with zero attached hydrogens (tertiary/aromatic N) is 11. The quantitative estimate of drug-likeness (QED) is 0.0115. The molecule has 560 valence electrons. The van der Waals surface area contributed by atoms with E-state index in [1.54, 1.807) is 92.9 Å². The maximum Gasteiger partial charge on any atom is 0.317 e.